The van der Waals surface area contributed by atoms with E-state index < -0.39 is 11.9 Å². The van der Waals surface area contributed by atoms with Gasteiger partial charge in [-0.2, -0.15) is 11.3 Å². The summed E-state index contributed by atoms with van der Waals surface area (Å²) in [6, 6.07) is 6.30. The number of hydrogen-bond acceptors (Lipinski definition) is 7. The fraction of sp³-hybridized carbons (Fsp3) is 0.381. The molecule has 0 aliphatic carbocycles. The van der Waals surface area contributed by atoms with Gasteiger partial charge >= 0.3 is 11.9 Å². The van der Waals surface area contributed by atoms with Crippen LogP contribution >= 0.6 is 11.3 Å². The van der Waals surface area contributed by atoms with Crippen LogP contribution in [0.4, 0.5) is 5.69 Å². The first-order valence-electron chi connectivity index (χ1n) is 9.35. The number of esters is 2. The van der Waals surface area contributed by atoms with Gasteiger partial charge in [-0.3, -0.25) is 9.69 Å². The Morgan fingerprint density at radius 3 is 2.34 bits per heavy atom. The minimum atomic E-state index is -0.601. The van der Waals surface area contributed by atoms with Crippen molar-refractivity contribution >= 4 is 34.9 Å². The first-order chi connectivity index (χ1) is 13.9. The first kappa shape index (κ1) is 21.0. The van der Waals surface area contributed by atoms with Gasteiger partial charge in [-0.1, -0.05) is 0 Å². The molecule has 8 heteroatoms. The Balaban J connectivity index is 1.80. The van der Waals surface area contributed by atoms with Gasteiger partial charge in [0.2, 0.25) is 5.91 Å². The number of thiophene rings is 1. The smallest absolute Gasteiger partial charge is 0.337 e. The van der Waals surface area contributed by atoms with E-state index >= 15 is 0 Å². The van der Waals surface area contributed by atoms with E-state index in [-0.39, 0.29) is 29.1 Å². The van der Waals surface area contributed by atoms with Crippen LogP contribution in [0.3, 0.4) is 0 Å². The monoisotopic (exact) mass is 416 g/mol. The van der Waals surface area contributed by atoms with Gasteiger partial charge in [0.05, 0.1) is 31.4 Å². The van der Waals surface area contributed by atoms with Crippen molar-refractivity contribution < 1.29 is 23.9 Å². The molecule has 1 amide bonds. The predicted molar refractivity (Wildman–Crippen MR) is 110 cm³/mol. The van der Waals surface area contributed by atoms with E-state index in [1.54, 1.807) is 11.3 Å². The Hall–Kier alpha value is -2.71. The molecule has 7 nitrogen and oxygen atoms in total. The molecule has 2 unspecified atom stereocenters. The van der Waals surface area contributed by atoms with E-state index in [0.29, 0.717) is 5.69 Å². The van der Waals surface area contributed by atoms with Crippen LogP contribution < -0.4 is 5.32 Å². The summed E-state index contributed by atoms with van der Waals surface area (Å²) >= 11 is 1.65. The van der Waals surface area contributed by atoms with Gasteiger partial charge < -0.3 is 14.8 Å². The third kappa shape index (κ3) is 4.65. The number of hydrogen-bond donors (Lipinski definition) is 1. The third-order valence-electron chi connectivity index (χ3n) is 5.14. The fourth-order valence-corrected chi connectivity index (χ4v) is 4.35. The molecule has 1 aliphatic heterocycles. The molecule has 154 valence electrons. The highest BCUT2D eigenvalue weighted by Crippen LogP contribution is 2.34. The Morgan fingerprint density at radius 1 is 1.14 bits per heavy atom. The van der Waals surface area contributed by atoms with E-state index in [0.717, 1.165) is 19.4 Å². The largest absolute Gasteiger partial charge is 0.465 e. The van der Waals surface area contributed by atoms with Gasteiger partial charge in [0.15, 0.2) is 0 Å². The van der Waals surface area contributed by atoms with Crippen molar-refractivity contribution in [3.05, 3.63) is 51.7 Å². The highest BCUT2D eigenvalue weighted by Gasteiger charge is 2.33. The van der Waals surface area contributed by atoms with E-state index in [4.69, 9.17) is 9.47 Å². The highest BCUT2D eigenvalue weighted by molar-refractivity contribution is 7.08. The zero-order chi connectivity index (χ0) is 21.0. The number of benzene rings is 1. The van der Waals surface area contributed by atoms with E-state index in [1.807, 2.05) is 12.3 Å². The van der Waals surface area contributed by atoms with Gasteiger partial charge in [0, 0.05) is 11.7 Å². The van der Waals surface area contributed by atoms with Crippen molar-refractivity contribution in [3.8, 4) is 0 Å². The molecule has 2 aromatic rings. The normalized spacial score (nSPS) is 17.6. The zero-order valence-corrected chi connectivity index (χ0v) is 17.5. The fourth-order valence-electron chi connectivity index (χ4n) is 3.64. The first-order valence-corrected chi connectivity index (χ1v) is 10.3. The lowest BCUT2D eigenvalue weighted by atomic mass is 10.1. The topological polar surface area (TPSA) is 84.9 Å². The number of nitrogens with one attached hydrogen (secondary N) is 1. The number of ether oxygens (including phenoxy) is 2. The SMILES string of the molecule is COC(=O)c1cc(NC(=O)C(C)N2CCCC2c2ccsc2)cc(C(=O)OC)c1. The Bertz CT molecular complexity index is 862. The average molecular weight is 416 g/mol. The van der Waals surface area contributed by atoms with E-state index in [1.165, 1.54) is 38.0 Å². The van der Waals surface area contributed by atoms with Crippen molar-refractivity contribution in [2.24, 2.45) is 0 Å². The second-order valence-electron chi connectivity index (χ2n) is 6.90. The molecule has 0 saturated carbocycles. The molecule has 1 saturated heterocycles. The van der Waals surface area contributed by atoms with Crippen molar-refractivity contribution in [2.45, 2.75) is 31.8 Å². The number of methoxy groups -OCH3 is 2. The quantitative estimate of drug-likeness (QED) is 0.726. The van der Waals surface area contributed by atoms with E-state index in [2.05, 4.69) is 21.7 Å². The maximum Gasteiger partial charge on any atom is 0.337 e. The van der Waals surface area contributed by atoms with Gasteiger partial charge in [0.25, 0.3) is 0 Å². The molecule has 0 radical (unpaired) electrons. The number of amides is 1. The maximum absolute atomic E-state index is 12.9. The van der Waals surface area contributed by atoms with Gasteiger partial charge in [0.1, 0.15) is 0 Å². The van der Waals surface area contributed by atoms with Crippen molar-refractivity contribution in [1.29, 1.82) is 0 Å². The summed E-state index contributed by atoms with van der Waals surface area (Å²) in [6.07, 6.45) is 2.04. The Labute approximate surface area is 173 Å². The van der Waals surface area contributed by atoms with Crippen LogP contribution in [0.25, 0.3) is 0 Å². The van der Waals surface area contributed by atoms with Crippen molar-refractivity contribution in [3.63, 3.8) is 0 Å². The summed E-state index contributed by atoms with van der Waals surface area (Å²) in [7, 11) is 2.51. The summed E-state index contributed by atoms with van der Waals surface area (Å²) in [5.41, 5.74) is 1.90. The molecule has 1 N–H and O–H groups in total. The standard InChI is InChI=1S/C21H24N2O5S/c1-13(23-7-4-5-18(23)14-6-8-29-12-14)19(24)22-17-10-15(20(25)27-2)9-16(11-17)21(26)28-3/h6,8-13,18H,4-5,7H2,1-3H3,(H,22,24). The molecule has 2 atom stereocenters. The van der Waals surface area contributed by atoms with Crippen molar-refractivity contribution in [1.82, 2.24) is 4.90 Å². The minimum Gasteiger partial charge on any atom is -0.465 e. The summed E-state index contributed by atoms with van der Waals surface area (Å²) < 4.78 is 9.48. The van der Waals surface area contributed by atoms with Crippen LogP contribution in [0.2, 0.25) is 0 Å². The van der Waals surface area contributed by atoms with E-state index in [9.17, 15) is 14.4 Å². The minimum absolute atomic E-state index is 0.163. The Kier molecular flexibility index (Phi) is 6.66. The lowest BCUT2D eigenvalue weighted by molar-refractivity contribution is -0.121. The molecule has 29 heavy (non-hydrogen) atoms. The number of nitrogens with zero attached hydrogens (tertiary/aromatic N) is 1. The number of likely N-dealkylation sites (tertiary alicyclic amines) is 1. The maximum atomic E-state index is 12.9. The summed E-state index contributed by atoms with van der Waals surface area (Å²) in [4.78, 5) is 39.0. The van der Waals surface area contributed by atoms with Gasteiger partial charge in [-0.15, -0.1) is 0 Å². The second-order valence-corrected chi connectivity index (χ2v) is 7.68. The number of rotatable bonds is 6. The molecular formula is C21H24N2O5S. The lowest BCUT2D eigenvalue weighted by Gasteiger charge is -2.29. The molecule has 0 spiro atoms. The second kappa shape index (κ2) is 9.19. The van der Waals surface area contributed by atoms with Crippen LogP contribution in [0.5, 0.6) is 0 Å². The zero-order valence-electron chi connectivity index (χ0n) is 16.6. The molecule has 1 aromatic heterocycles. The summed E-state index contributed by atoms with van der Waals surface area (Å²) in [5, 5.41) is 7.00. The molecular weight excluding hydrogens is 392 g/mol. The molecule has 2 heterocycles. The number of carbonyl (C=O) groups is 3. The number of carbonyl (C=O) groups excluding carboxylic acids is 3. The van der Waals surface area contributed by atoms with Gasteiger partial charge in [-0.05, 0) is 66.9 Å². The van der Waals surface area contributed by atoms with Crippen LogP contribution in [0, 0.1) is 0 Å². The summed E-state index contributed by atoms with van der Waals surface area (Å²) in [6.45, 7) is 2.70. The molecule has 3 rings (SSSR count). The third-order valence-corrected chi connectivity index (χ3v) is 5.84. The highest BCUT2D eigenvalue weighted by atomic mass is 32.1. The molecule has 1 aromatic carbocycles. The summed E-state index contributed by atoms with van der Waals surface area (Å²) in [5.74, 6) is -1.40. The van der Waals surface area contributed by atoms with Crippen LogP contribution in [-0.2, 0) is 14.3 Å². The predicted octanol–water partition coefficient (Wildman–Crippen LogP) is 3.49. The molecule has 1 fully saturated rings. The lowest BCUT2D eigenvalue weighted by Crippen LogP contribution is -2.41. The molecule has 1 aliphatic rings. The number of anilines is 1. The van der Waals surface area contributed by atoms with Crippen LogP contribution in [0.1, 0.15) is 52.1 Å². The van der Waals surface area contributed by atoms with Crippen LogP contribution in [-0.4, -0.2) is 49.6 Å². The van der Waals surface area contributed by atoms with Gasteiger partial charge in [-0.25, -0.2) is 9.59 Å². The molecule has 0 bridgehead atoms. The van der Waals surface area contributed by atoms with Crippen molar-refractivity contribution in [2.75, 3.05) is 26.1 Å². The average Bonchev–Trinajstić information content (AvgIpc) is 3.43. The van der Waals surface area contributed by atoms with Crippen LogP contribution in [0.15, 0.2) is 35.0 Å². The Morgan fingerprint density at radius 2 is 1.79 bits per heavy atom.